The molecule has 2 N–H and O–H groups in total. The van der Waals surface area contributed by atoms with E-state index in [0.29, 0.717) is 5.92 Å². The molecule has 2 heterocycles. The monoisotopic (exact) mass is 364 g/mol. The van der Waals surface area contributed by atoms with Crippen LogP contribution < -0.4 is 10.6 Å². The van der Waals surface area contributed by atoms with Gasteiger partial charge in [-0.15, -0.1) is 11.3 Å². The Hall–Kier alpha value is -1.56. The average molecular weight is 365 g/mol. The predicted molar refractivity (Wildman–Crippen MR) is 106 cm³/mol. The first-order valence-electron chi connectivity index (χ1n) is 9.35. The highest BCUT2D eigenvalue weighted by atomic mass is 32.1. The Morgan fingerprint density at radius 2 is 2.24 bits per heavy atom. The molecule has 1 aliphatic rings. The second-order valence-electron chi connectivity index (χ2n) is 7.18. The summed E-state index contributed by atoms with van der Waals surface area (Å²) in [7, 11) is 0. The van der Waals surface area contributed by atoms with Crippen LogP contribution in [-0.2, 0) is 11.2 Å². The van der Waals surface area contributed by atoms with Crippen molar-refractivity contribution in [2.75, 3.05) is 26.2 Å². The number of carbonyl (C=O) groups is 1. The van der Waals surface area contributed by atoms with E-state index in [4.69, 9.17) is 4.99 Å². The minimum atomic E-state index is 0.0683. The molecular formula is C19H32N4OS. The Morgan fingerprint density at radius 1 is 1.44 bits per heavy atom. The van der Waals surface area contributed by atoms with Crippen LogP contribution in [-0.4, -0.2) is 49.0 Å². The van der Waals surface area contributed by atoms with Crippen molar-refractivity contribution in [3.8, 4) is 0 Å². The first-order valence-corrected chi connectivity index (χ1v) is 10.2. The molecule has 0 bridgehead atoms. The minimum absolute atomic E-state index is 0.0683. The van der Waals surface area contributed by atoms with Crippen molar-refractivity contribution in [1.82, 2.24) is 15.5 Å². The van der Waals surface area contributed by atoms with Gasteiger partial charge in [-0.2, -0.15) is 0 Å². The van der Waals surface area contributed by atoms with E-state index >= 15 is 0 Å². The number of aliphatic imine (C=N–C) groups is 1. The van der Waals surface area contributed by atoms with E-state index in [1.807, 2.05) is 30.1 Å². The van der Waals surface area contributed by atoms with E-state index in [2.05, 4.69) is 42.0 Å². The number of amides is 1. The normalized spacial score (nSPS) is 19.3. The second kappa shape index (κ2) is 9.80. The number of hydrogen-bond acceptors (Lipinski definition) is 3. The lowest BCUT2D eigenvalue weighted by atomic mass is 10.1. The molecule has 1 saturated heterocycles. The SMILES string of the molecule is CCNC(=NCC(C)Cc1cccs1)NC1CCN(C(=O)C(C)C)C1. The molecule has 0 aliphatic carbocycles. The number of likely N-dealkylation sites (tertiary alicyclic amines) is 1. The van der Waals surface area contributed by atoms with E-state index in [0.717, 1.165) is 45.0 Å². The molecule has 6 heteroatoms. The van der Waals surface area contributed by atoms with Crippen molar-refractivity contribution in [1.29, 1.82) is 0 Å². The lowest BCUT2D eigenvalue weighted by Crippen LogP contribution is -2.45. The predicted octanol–water partition coefficient (Wildman–Crippen LogP) is 2.74. The van der Waals surface area contributed by atoms with E-state index < -0.39 is 0 Å². The van der Waals surface area contributed by atoms with Crippen molar-refractivity contribution in [3.63, 3.8) is 0 Å². The lowest BCUT2D eigenvalue weighted by Gasteiger charge is -2.20. The van der Waals surface area contributed by atoms with Gasteiger partial charge in [-0.25, -0.2) is 0 Å². The number of nitrogens with zero attached hydrogens (tertiary/aromatic N) is 2. The summed E-state index contributed by atoms with van der Waals surface area (Å²) >= 11 is 1.81. The van der Waals surface area contributed by atoms with Crippen LogP contribution in [0.1, 0.15) is 39.0 Å². The third-order valence-electron chi connectivity index (χ3n) is 4.37. The van der Waals surface area contributed by atoms with E-state index in [1.165, 1.54) is 4.88 Å². The Bertz CT molecular complexity index is 556. The summed E-state index contributed by atoms with van der Waals surface area (Å²) in [6.07, 6.45) is 2.05. The van der Waals surface area contributed by atoms with Crippen molar-refractivity contribution >= 4 is 23.2 Å². The molecule has 1 aromatic rings. The van der Waals surface area contributed by atoms with Crippen molar-refractivity contribution in [2.24, 2.45) is 16.8 Å². The number of carbonyl (C=O) groups excluding carboxylic acids is 1. The number of guanidine groups is 1. The van der Waals surface area contributed by atoms with Crippen LogP contribution in [0.4, 0.5) is 0 Å². The fraction of sp³-hybridized carbons (Fsp3) is 0.684. The Morgan fingerprint density at radius 3 is 2.88 bits per heavy atom. The molecule has 2 atom stereocenters. The molecule has 2 rings (SSSR count). The molecule has 1 fully saturated rings. The van der Waals surface area contributed by atoms with E-state index in [9.17, 15) is 4.79 Å². The van der Waals surface area contributed by atoms with Gasteiger partial charge in [0.15, 0.2) is 5.96 Å². The van der Waals surface area contributed by atoms with Gasteiger partial charge in [-0.05, 0) is 37.1 Å². The molecule has 0 spiro atoms. The molecule has 25 heavy (non-hydrogen) atoms. The van der Waals surface area contributed by atoms with Gasteiger partial charge in [0.2, 0.25) is 5.91 Å². The fourth-order valence-electron chi connectivity index (χ4n) is 3.04. The van der Waals surface area contributed by atoms with Crippen LogP contribution in [0.15, 0.2) is 22.5 Å². The first-order chi connectivity index (χ1) is 12.0. The zero-order valence-corrected chi connectivity index (χ0v) is 16.7. The molecule has 2 unspecified atom stereocenters. The summed E-state index contributed by atoms with van der Waals surface area (Å²) in [5, 5.41) is 8.96. The summed E-state index contributed by atoms with van der Waals surface area (Å²) in [4.78, 5) is 20.3. The number of hydrogen-bond donors (Lipinski definition) is 2. The fourth-order valence-corrected chi connectivity index (χ4v) is 3.91. The summed E-state index contributed by atoms with van der Waals surface area (Å²) in [5.74, 6) is 1.69. The topological polar surface area (TPSA) is 56.7 Å². The van der Waals surface area contributed by atoms with Gasteiger partial charge in [-0.3, -0.25) is 9.79 Å². The molecule has 0 saturated carbocycles. The zero-order chi connectivity index (χ0) is 18.2. The maximum atomic E-state index is 12.1. The number of rotatable bonds is 7. The van der Waals surface area contributed by atoms with Gasteiger partial charge >= 0.3 is 0 Å². The molecule has 1 amide bonds. The summed E-state index contributed by atoms with van der Waals surface area (Å²) < 4.78 is 0. The van der Waals surface area contributed by atoms with Crippen LogP contribution >= 0.6 is 11.3 Å². The van der Waals surface area contributed by atoms with Crippen LogP contribution in [0.5, 0.6) is 0 Å². The highest BCUT2D eigenvalue weighted by Crippen LogP contribution is 2.15. The summed E-state index contributed by atoms with van der Waals surface area (Å²) in [6.45, 7) is 11.5. The largest absolute Gasteiger partial charge is 0.357 e. The minimum Gasteiger partial charge on any atom is -0.357 e. The maximum absolute atomic E-state index is 12.1. The molecule has 0 aromatic carbocycles. The highest BCUT2D eigenvalue weighted by Gasteiger charge is 2.27. The molecule has 0 radical (unpaired) electrons. The molecule has 1 aliphatic heterocycles. The van der Waals surface area contributed by atoms with E-state index in [1.54, 1.807) is 0 Å². The van der Waals surface area contributed by atoms with Crippen LogP contribution in [0, 0.1) is 11.8 Å². The quantitative estimate of drug-likeness (QED) is 0.578. The molecule has 1 aromatic heterocycles. The molecule has 5 nitrogen and oxygen atoms in total. The van der Waals surface area contributed by atoms with Crippen LogP contribution in [0.25, 0.3) is 0 Å². The number of thiophene rings is 1. The third-order valence-corrected chi connectivity index (χ3v) is 5.27. The second-order valence-corrected chi connectivity index (χ2v) is 8.21. The summed E-state index contributed by atoms with van der Waals surface area (Å²) in [5.41, 5.74) is 0. The van der Waals surface area contributed by atoms with Crippen LogP contribution in [0.2, 0.25) is 0 Å². The van der Waals surface area contributed by atoms with Gasteiger partial charge in [-0.1, -0.05) is 26.8 Å². The zero-order valence-electron chi connectivity index (χ0n) is 15.9. The van der Waals surface area contributed by atoms with Gasteiger partial charge in [0.1, 0.15) is 0 Å². The van der Waals surface area contributed by atoms with Crippen molar-refractivity contribution in [3.05, 3.63) is 22.4 Å². The summed E-state index contributed by atoms with van der Waals surface area (Å²) in [6, 6.07) is 4.58. The maximum Gasteiger partial charge on any atom is 0.225 e. The van der Waals surface area contributed by atoms with Gasteiger partial charge in [0, 0.05) is 43.0 Å². The molecular weight excluding hydrogens is 332 g/mol. The van der Waals surface area contributed by atoms with Crippen LogP contribution in [0.3, 0.4) is 0 Å². The van der Waals surface area contributed by atoms with Gasteiger partial charge in [0.25, 0.3) is 0 Å². The highest BCUT2D eigenvalue weighted by molar-refractivity contribution is 7.09. The lowest BCUT2D eigenvalue weighted by molar-refractivity contribution is -0.133. The van der Waals surface area contributed by atoms with Crippen molar-refractivity contribution in [2.45, 2.75) is 46.6 Å². The Balaban J connectivity index is 1.84. The van der Waals surface area contributed by atoms with Gasteiger partial charge in [0.05, 0.1) is 0 Å². The Kier molecular flexibility index (Phi) is 7.75. The van der Waals surface area contributed by atoms with Crippen molar-refractivity contribution < 1.29 is 4.79 Å². The van der Waals surface area contributed by atoms with Gasteiger partial charge < -0.3 is 15.5 Å². The third kappa shape index (κ3) is 6.34. The molecule has 140 valence electrons. The first kappa shape index (κ1) is 19.8. The number of nitrogens with one attached hydrogen (secondary N) is 2. The van der Waals surface area contributed by atoms with E-state index in [-0.39, 0.29) is 17.9 Å². The Labute approximate surface area is 155 Å². The smallest absolute Gasteiger partial charge is 0.225 e. The average Bonchev–Trinajstić information content (AvgIpc) is 3.24. The standard InChI is InChI=1S/C19H32N4OS/c1-5-20-19(21-12-15(4)11-17-7-6-10-25-17)22-16-8-9-23(13-16)18(24)14(2)3/h6-7,10,14-16H,5,8-9,11-13H2,1-4H3,(H2,20,21,22).